The topological polar surface area (TPSA) is 45.8 Å². The van der Waals surface area contributed by atoms with Gasteiger partial charge in [0.15, 0.2) is 5.16 Å². The van der Waals surface area contributed by atoms with Gasteiger partial charge in [-0.25, -0.2) is 4.98 Å². The van der Waals surface area contributed by atoms with Gasteiger partial charge in [0.05, 0.1) is 16.3 Å². The Hall–Kier alpha value is -1.29. The molecule has 110 valence electrons. The lowest BCUT2D eigenvalue weighted by atomic mass is 9.71. The number of para-hydroxylation sites is 2. The second-order valence-electron chi connectivity index (χ2n) is 7.19. The second-order valence-corrected chi connectivity index (χ2v) is 8.28. The summed E-state index contributed by atoms with van der Waals surface area (Å²) in [6.07, 6.45) is 2.20. The van der Waals surface area contributed by atoms with Crippen LogP contribution in [0.3, 0.4) is 0 Å². The highest BCUT2D eigenvalue weighted by molar-refractivity contribution is 8.00. The first-order chi connectivity index (χ1) is 9.93. The number of imidazole rings is 1. The molecule has 21 heavy (non-hydrogen) atoms. The van der Waals surface area contributed by atoms with E-state index in [4.69, 9.17) is 0 Å². The van der Waals surface area contributed by atoms with Crippen molar-refractivity contribution in [3.05, 3.63) is 24.3 Å². The highest BCUT2D eigenvalue weighted by Gasteiger charge is 2.66. The van der Waals surface area contributed by atoms with Gasteiger partial charge in [-0.15, -0.1) is 0 Å². The molecule has 0 spiro atoms. The number of carbonyl (C=O) groups is 1. The molecule has 0 amide bonds. The number of fused-ring (bicyclic) bond motifs is 3. The summed E-state index contributed by atoms with van der Waals surface area (Å²) in [5.41, 5.74) is 2.20. The van der Waals surface area contributed by atoms with Crippen LogP contribution < -0.4 is 0 Å². The van der Waals surface area contributed by atoms with Gasteiger partial charge >= 0.3 is 0 Å². The summed E-state index contributed by atoms with van der Waals surface area (Å²) in [5, 5.41) is 0.908. The summed E-state index contributed by atoms with van der Waals surface area (Å²) in [6.45, 7) is 6.82. The van der Waals surface area contributed by atoms with E-state index in [9.17, 15) is 4.79 Å². The minimum absolute atomic E-state index is 0.0341. The molecule has 4 rings (SSSR count). The smallest absolute Gasteiger partial charge is 0.167 e. The van der Waals surface area contributed by atoms with Gasteiger partial charge in [0.25, 0.3) is 0 Å². The van der Waals surface area contributed by atoms with E-state index in [2.05, 4.69) is 30.7 Å². The number of nitrogens with zero attached hydrogens (tertiary/aromatic N) is 1. The van der Waals surface area contributed by atoms with Crippen molar-refractivity contribution in [1.29, 1.82) is 0 Å². The first-order valence-electron chi connectivity index (χ1n) is 7.59. The van der Waals surface area contributed by atoms with Crippen molar-refractivity contribution < 1.29 is 4.79 Å². The molecule has 3 atom stereocenters. The molecular formula is C17H20N2OS. The zero-order chi connectivity index (χ0) is 14.8. The number of Topliss-reactive ketones (excluding diaryl/α,β-unsaturated/α-hetero) is 1. The quantitative estimate of drug-likeness (QED) is 0.910. The predicted molar refractivity (Wildman–Crippen MR) is 85.4 cm³/mol. The van der Waals surface area contributed by atoms with Gasteiger partial charge in [-0.1, -0.05) is 44.7 Å². The van der Waals surface area contributed by atoms with Crippen LogP contribution in [0.25, 0.3) is 11.0 Å². The number of aromatic nitrogens is 2. The summed E-state index contributed by atoms with van der Waals surface area (Å²) >= 11 is 1.63. The maximum absolute atomic E-state index is 12.7. The molecule has 1 aromatic carbocycles. The third kappa shape index (κ3) is 1.62. The normalized spacial score (nSPS) is 34.0. The van der Waals surface area contributed by atoms with Gasteiger partial charge in [0.1, 0.15) is 5.78 Å². The minimum Gasteiger partial charge on any atom is -0.333 e. The molecule has 2 aliphatic rings. The van der Waals surface area contributed by atoms with Crippen LogP contribution in [0.2, 0.25) is 0 Å². The highest BCUT2D eigenvalue weighted by Crippen LogP contribution is 2.67. The number of ketones is 1. The fourth-order valence-electron chi connectivity index (χ4n) is 4.27. The standard InChI is InChI=1S/C17H20N2OS/c1-16(2)10-8-9-17(16,3)14(13(10)20)21-15-18-11-6-4-5-7-12(11)19-15/h4-7,10,14H,8-9H2,1-3H3,(H,18,19)/t10-,14+,17+/m0/s1. The molecule has 1 N–H and O–H groups in total. The molecular weight excluding hydrogens is 280 g/mol. The molecule has 2 fully saturated rings. The number of benzene rings is 1. The lowest BCUT2D eigenvalue weighted by molar-refractivity contribution is -0.122. The van der Waals surface area contributed by atoms with Crippen LogP contribution >= 0.6 is 11.8 Å². The number of carbonyl (C=O) groups excluding carboxylic acids is 1. The van der Waals surface area contributed by atoms with Crippen LogP contribution in [0.4, 0.5) is 0 Å². The molecule has 2 bridgehead atoms. The lowest BCUT2D eigenvalue weighted by Gasteiger charge is -2.37. The number of hydrogen-bond donors (Lipinski definition) is 1. The number of nitrogens with one attached hydrogen (secondary N) is 1. The van der Waals surface area contributed by atoms with Crippen LogP contribution in [0.15, 0.2) is 29.4 Å². The highest BCUT2D eigenvalue weighted by atomic mass is 32.2. The van der Waals surface area contributed by atoms with Crippen LogP contribution in [0, 0.1) is 16.7 Å². The van der Waals surface area contributed by atoms with Crippen molar-refractivity contribution >= 4 is 28.6 Å². The second kappa shape index (κ2) is 4.13. The molecule has 2 aromatic rings. The Morgan fingerprint density at radius 1 is 1.29 bits per heavy atom. The summed E-state index contributed by atoms with van der Waals surface area (Å²) in [4.78, 5) is 20.7. The van der Waals surface area contributed by atoms with Gasteiger partial charge in [-0.3, -0.25) is 4.79 Å². The Labute approximate surface area is 128 Å². The fraction of sp³-hybridized carbons (Fsp3) is 0.529. The van der Waals surface area contributed by atoms with Crippen molar-refractivity contribution in [2.24, 2.45) is 16.7 Å². The van der Waals surface area contributed by atoms with Gasteiger partial charge in [0.2, 0.25) is 0 Å². The Morgan fingerprint density at radius 3 is 2.71 bits per heavy atom. The SMILES string of the molecule is CC1(C)[C@H]2CC[C@]1(C)[C@H](Sc1nc3ccccc3[nH]1)C2=O. The molecule has 4 heteroatoms. The minimum atomic E-state index is 0.0341. The van der Waals surface area contributed by atoms with Crippen molar-refractivity contribution in [2.45, 2.75) is 44.0 Å². The molecule has 0 unspecified atom stereocenters. The van der Waals surface area contributed by atoms with E-state index in [1.165, 1.54) is 0 Å². The third-order valence-electron chi connectivity index (χ3n) is 6.07. The first-order valence-corrected chi connectivity index (χ1v) is 8.46. The Kier molecular flexibility index (Phi) is 2.63. The zero-order valence-electron chi connectivity index (χ0n) is 12.6. The fourth-order valence-corrected chi connectivity index (χ4v) is 5.78. The molecule has 2 aliphatic carbocycles. The Bertz CT molecular complexity index is 702. The van der Waals surface area contributed by atoms with E-state index in [-0.39, 0.29) is 22.0 Å². The molecule has 2 saturated carbocycles. The van der Waals surface area contributed by atoms with Crippen molar-refractivity contribution in [2.75, 3.05) is 0 Å². The number of aromatic amines is 1. The van der Waals surface area contributed by atoms with Crippen LogP contribution in [-0.2, 0) is 4.79 Å². The first kappa shape index (κ1) is 13.4. The lowest BCUT2D eigenvalue weighted by Crippen LogP contribution is -2.35. The largest absolute Gasteiger partial charge is 0.333 e. The summed E-state index contributed by atoms with van der Waals surface area (Å²) in [6, 6.07) is 8.03. The summed E-state index contributed by atoms with van der Waals surface area (Å²) in [5.74, 6) is 0.656. The molecule has 1 heterocycles. The van der Waals surface area contributed by atoms with Gasteiger partial charge in [-0.05, 0) is 35.8 Å². The predicted octanol–water partition coefficient (Wildman–Crippen LogP) is 4.05. The van der Waals surface area contributed by atoms with Crippen LogP contribution in [0.1, 0.15) is 33.6 Å². The van der Waals surface area contributed by atoms with E-state index < -0.39 is 0 Å². The monoisotopic (exact) mass is 300 g/mol. The maximum Gasteiger partial charge on any atom is 0.167 e. The molecule has 3 nitrogen and oxygen atoms in total. The Morgan fingerprint density at radius 2 is 2.05 bits per heavy atom. The average Bonchev–Trinajstić information content (AvgIpc) is 2.98. The maximum atomic E-state index is 12.7. The van der Waals surface area contributed by atoms with E-state index in [0.717, 1.165) is 29.0 Å². The molecule has 0 aliphatic heterocycles. The third-order valence-corrected chi connectivity index (χ3v) is 7.48. The van der Waals surface area contributed by atoms with Gasteiger partial charge < -0.3 is 4.98 Å². The van der Waals surface area contributed by atoms with Crippen LogP contribution in [-0.4, -0.2) is 21.0 Å². The van der Waals surface area contributed by atoms with Crippen molar-refractivity contribution in [3.63, 3.8) is 0 Å². The summed E-state index contributed by atoms with van der Waals surface area (Å²) in [7, 11) is 0. The average molecular weight is 300 g/mol. The molecule has 0 saturated heterocycles. The van der Waals surface area contributed by atoms with Crippen molar-refractivity contribution in [1.82, 2.24) is 9.97 Å². The van der Waals surface area contributed by atoms with Gasteiger partial charge in [-0.2, -0.15) is 0 Å². The number of thioether (sulfide) groups is 1. The van der Waals surface area contributed by atoms with E-state index in [0.29, 0.717) is 5.78 Å². The Balaban J connectivity index is 1.70. The van der Waals surface area contributed by atoms with E-state index in [1.807, 2.05) is 24.3 Å². The van der Waals surface area contributed by atoms with E-state index in [1.54, 1.807) is 11.8 Å². The molecule has 1 aromatic heterocycles. The van der Waals surface area contributed by atoms with Crippen LogP contribution in [0.5, 0.6) is 0 Å². The van der Waals surface area contributed by atoms with E-state index >= 15 is 0 Å². The number of H-pyrrole nitrogens is 1. The van der Waals surface area contributed by atoms with Gasteiger partial charge in [0, 0.05) is 5.92 Å². The van der Waals surface area contributed by atoms with Crippen molar-refractivity contribution in [3.8, 4) is 0 Å². The molecule has 0 radical (unpaired) electrons. The number of hydrogen-bond acceptors (Lipinski definition) is 3. The number of rotatable bonds is 2. The summed E-state index contributed by atoms with van der Waals surface area (Å²) < 4.78 is 0. The zero-order valence-corrected chi connectivity index (χ0v) is 13.5.